The smallest absolute Gasteiger partial charge is 0.132 e. The van der Waals surface area contributed by atoms with Crippen molar-refractivity contribution in [2.45, 2.75) is 66.5 Å². The van der Waals surface area contributed by atoms with E-state index in [2.05, 4.69) is 21.2 Å². The van der Waals surface area contributed by atoms with Crippen LogP contribution >= 0.6 is 27.5 Å². The monoisotopic (exact) mass is 404 g/mol. The van der Waals surface area contributed by atoms with Crippen LogP contribution in [0.15, 0.2) is 27.6 Å². The van der Waals surface area contributed by atoms with Crippen LogP contribution < -0.4 is 5.32 Å². The zero-order chi connectivity index (χ0) is 15.8. The Morgan fingerprint density at radius 1 is 1.23 bits per heavy atom. The molecule has 0 aliphatic heterocycles. The maximum Gasteiger partial charge on any atom is 0.132 e. The summed E-state index contributed by atoms with van der Waals surface area (Å²) >= 11 is 9.80. The Morgan fingerprint density at radius 3 is 2.41 bits per heavy atom. The van der Waals surface area contributed by atoms with E-state index in [1.807, 2.05) is 6.07 Å². The molecule has 3 nitrogen and oxygen atoms in total. The molecule has 2 N–H and O–H groups in total. The molecule has 0 bridgehead atoms. The van der Waals surface area contributed by atoms with E-state index in [4.69, 9.17) is 16.4 Å². The second-order valence-electron chi connectivity index (χ2n) is 6.41. The lowest BCUT2D eigenvalue weighted by Crippen LogP contribution is -2.19. The molecule has 2 saturated carbocycles. The van der Waals surface area contributed by atoms with Crippen LogP contribution in [-0.2, 0) is 9.73 Å². The van der Waals surface area contributed by atoms with Gasteiger partial charge in [-0.25, -0.2) is 8.99 Å². The summed E-state index contributed by atoms with van der Waals surface area (Å²) in [5.41, 5.74) is 1.02. The molecule has 22 heavy (non-hydrogen) atoms. The van der Waals surface area contributed by atoms with Gasteiger partial charge < -0.3 is 5.32 Å². The molecule has 2 fully saturated rings. The van der Waals surface area contributed by atoms with Crippen LogP contribution in [0, 0.1) is 4.78 Å². The summed E-state index contributed by atoms with van der Waals surface area (Å²) in [5, 5.41) is 3.59. The minimum Gasteiger partial charge on any atom is -0.381 e. The third-order valence-electron chi connectivity index (χ3n) is 4.65. The first-order chi connectivity index (χ1) is 10.4. The normalized spacial score (nSPS) is 24.3. The van der Waals surface area contributed by atoms with Gasteiger partial charge in [-0.3, -0.25) is 0 Å². The molecule has 2 aliphatic rings. The fourth-order valence-corrected chi connectivity index (χ4v) is 5.68. The highest BCUT2D eigenvalue weighted by Gasteiger charge is 2.51. The third kappa shape index (κ3) is 3.31. The highest BCUT2D eigenvalue weighted by molar-refractivity contribution is 9.10. The van der Waals surface area contributed by atoms with Crippen molar-refractivity contribution in [3.63, 3.8) is 0 Å². The fraction of sp³-hybridized carbons (Fsp3) is 0.625. The second kappa shape index (κ2) is 6.33. The lowest BCUT2D eigenvalue weighted by atomic mass is 10.1. The van der Waals surface area contributed by atoms with Gasteiger partial charge in [0.2, 0.25) is 0 Å². The average Bonchev–Trinajstić information content (AvgIpc) is 3.26. The van der Waals surface area contributed by atoms with Crippen molar-refractivity contribution in [2.75, 3.05) is 5.32 Å². The predicted octanol–water partition coefficient (Wildman–Crippen LogP) is 5.72. The van der Waals surface area contributed by atoms with E-state index in [0.717, 1.165) is 10.2 Å². The summed E-state index contributed by atoms with van der Waals surface area (Å²) in [6, 6.07) is 6.03. The van der Waals surface area contributed by atoms with E-state index in [9.17, 15) is 4.21 Å². The van der Waals surface area contributed by atoms with Gasteiger partial charge in [0.25, 0.3) is 0 Å². The molecule has 2 aliphatic carbocycles. The molecule has 0 radical (unpaired) electrons. The first-order valence-electron chi connectivity index (χ1n) is 7.96. The van der Waals surface area contributed by atoms with Gasteiger partial charge in [0.05, 0.1) is 14.6 Å². The van der Waals surface area contributed by atoms with Gasteiger partial charge in [0.1, 0.15) is 4.21 Å². The first kappa shape index (κ1) is 16.6. The zero-order valence-corrected chi connectivity index (χ0v) is 15.7. The Labute approximate surface area is 146 Å². The van der Waals surface area contributed by atoms with Gasteiger partial charge in [0.15, 0.2) is 0 Å². The summed E-state index contributed by atoms with van der Waals surface area (Å²) in [4.78, 5) is 0.526. The number of hydrogen-bond acceptors (Lipinski definition) is 3. The van der Waals surface area contributed by atoms with Crippen molar-refractivity contribution in [2.24, 2.45) is 0 Å². The number of alkyl halides is 1. The average molecular weight is 406 g/mol. The summed E-state index contributed by atoms with van der Waals surface area (Å²) < 4.78 is 20.9. The highest BCUT2D eigenvalue weighted by Crippen LogP contribution is 2.51. The third-order valence-corrected chi connectivity index (χ3v) is 8.69. The number of rotatable bonds is 4. The molecular formula is C16H22BrClN2OS. The molecule has 1 aromatic rings. The van der Waals surface area contributed by atoms with E-state index in [-0.39, 0.29) is 0 Å². The minimum absolute atomic E-state index is 0.507. The topological polar surface area (TPSA) is 53.0 Å². The Morgan fingerprint density at radius 2 is 1.86 bits per heavy atom. The Balaban J connectivity index is 1.77. The molecule has 0 aromatic heterocycles. The van der Waals surface area contributed by atoms with Crippen LogP contribution in [0.3, 0.4) is 0 Å². The van der Waals surface area contributed by atoms with Crippen LogP contribution in [0.2, 0.25) is 0 Å². The molecule has 1 atom stereocenters. The van der Waals surface area contributed by atoms with E-state index >= 15 is 0 Å². The minimum atomic E-state index is -2.94. The van der Waals surface area contributed by atoms with E-state index in [1.54, 1.807) is 12.1 Å². The number of anilines is 1. The molecule has 1 unspecified atom stereocenters. The number of benzene rings is 1. The Bertz CT molecular complexity index is 650. The quantitative estimate of drug-likeness (QED) is 0.497. The Hall–Kier alpha value is -0.260. The number of hydrogen-bond donors (Lipinski definition) is 2. The van der Waals surface area contributed by atoms with Gasteiger partial charge in [-0.1, -0.05) is 25.7 Å². The summed E-state index contributed by atoms with van der Waals surface area (Å²) in [6.07, 6.45) is 8.95. The van der Waals surface area contributed by atoms with Crippen LogP contribution in [0.1, 0.15) is 51.4 Å². The molecule has 0 heterocycles. The molecule has 3 rings (SSSR count). The van der Waals surface area contributed by atoms with Crippen molar-refractivity contribution in [1.82, 2.24) is 0 Å². The van der Waals surface area contributed by atoms with Gasteiger partial charge in [0, 0.05) is 16.2 Å². The lowest BCUT2D eigenvalue weighted by Gasteiger charge is -2.20. The van der Waals surface area contributed by atoms with Crippen LogP contribution in [0.25, 0.3) is 0 Å². The molecule has 1 aromatic carbocycles. The van der Waals surface area contributed by atoms with Crippen molar-refractivity contribution in [3.8, 4) is 0 Å². The predicted molar refractivity (Wildman–Crippen MR) is 96.2 cm³/mol. The van der Waals surface area contributed by atoms with E-state index in [0.29, 0.717) is 23.8 Å². The number of halogens is 2. The van der Waals surface area contributed by atoms with Crippen LogP contribution in [0.4, 0.5) is 5.69 Å². The largest absolute Gasteiger partial charge is 0.381 e. The maximum atomic E-state index is 12.7. The van der Waals surface area contributed by atoms with Crippen LogP contribution in [-0.4, -0.2) is 14.5 Å². The Kier molecular flexibility index (Phi) is 4.77. The summed E-state index contributed by atoms with van der Waals surface area (Å²) in [7, 11) is -2.94. The van der Waals surface area contributed by atoms with E-state index in [1.165, 1.54) is 38.5 Å². The van der Waals surface area contributed by atoms with Gasteiger partial charge in [-0.05, 0) is 59.8 Å². The molecule has 0 spiro atoms. The van der Waals surface area contributed by atoms with Crippen molar-refractivity contribution in [1.29, 1.82) is 4.78 Å². The molecule has 6 heteroatoms. The number of nitrogens with one attached hydrogen (secondary N) is 2. The fourth-order valence-electron chi connectivity index (χ4n) is 3.03. The van der Waals surface area contributed by atoms with Gasteiger partial charge >= 0.3 is 0 Å². The van der Waals surface area contributed by atoms with Crippen molar-refractivity contribution < 1.29 is 4.21 Å². The summed E-state index contributed by atoms with van der Waals surface area (Å²) in [6.45, 7) is 0. The van der Waals surface area contributed by atoms with Crippen molar-refractivity contribution >= 4 is 42.9 Å². The first-order valence-corrected chi connectivity index (χ1v) is 10.7. The maximum absolute atomic E-state index is 12.7. The van der Waals surface area contributed by atoms with E-state index < -0.39 is 13.9 Å². The van der Waals surface area contributed by atoms with Gasteiger partial charge in [-0.2, -0.15) is 0 Å². The zero-order valence-electron chi connectivity index (χ0n) is 12.5. The standard InChI is InChI=1S/C16H22BrClN2OS/c17-14-11-13(22(19,21)16(18)9-10-16)7-8-15(14)20-12-5-3-1-2-4-6-12/h7-8,11-12,19-20H,1-6,9-10H2. The molecular weight excluding hydrogens is 384 g/mol. The molecule has 0 saturated heterocycles. The second-order valence-corrected chi connectivity index (χ2v) is 10.6. The van der Waals surface area contributed by atoms with Crippen molar-refractivity contribution in [3.05, 3.63) is 22.7 Å². The SMILES string of the molecule is N=S(=O)(c1ccc(NC2CCCCCC2)c(Br)c1)C1(Cl)CC1. The lowest BCUT2D eigenvalue weighted by molar-refractivity contribution is 0.619. The molecule has 122 valence electrons. The molecule has 0 amide bonds. The van der Waals surface area contributed by atoms with Gasteiger partial charge in [-0.15, -0.1) is 11.6 Å². The summed E-state index contributed by atoms with van der Waals surface area (Å²) in [5.74, 6) is 0. The highest BCUT2D eigenvalue weighted by atomic mass is 79.9. The van der Waals surface area contributed by atoms with Crippen LogP contribution in [0.5, 0.6) is 0 Å².